The van der Waals surface area contributed by atoms with Crippen LogP contribution in [0.25, 0.3) is 5.69 Å². The van der Waals surface area contributed by atoms with Gasteiger partial charge in [0.15, 0.2) is 0 Å². The highest BCUT2D eigenvalue weighted by Crippen LogP contribution is 2.23. The van der Waals surface area contributed by atoms with Gasteiger partial charge in [-0.05, 0) is 47.1 Å². The predicted octanol–water partition coefficient (Wildman–Crippen LogP) is 4.26. The molecule has 0 amide bonds. The van der Waals surface area contributed by atoms with Crippen molar-refractivity contribution in [3.63, 3.8) is 0 Å². The molecule has 0 N–H and O–H groups in total. The number of ether oxygens (including phenoxy) is 1. The van der Waals surface area contributed by atoms with Crippen LogP contribution < -0.4 is 4.74 Å². The highest BCUT2D eigenvalue weighted by molar-refractivity contribution is 9.10. The quantitative estimate of drug-likeness (QED) is 0.811. The molecule has 1 aromatic carbocycles. The Balaban J connectivity index is 0.000000956. The topological polar surface area (TPSA) is 39.9 Å². The molecule has 110 valence electrons. The SMILES string of the molecule is CC.Cc1nc(Br)nn1-c1ccc(OC(F)(F)F)cc1. The predicted molar refractivity (Wildman–Crippen MR) is 71.8 cm³/mol. The summed E-state index contributed by atoms with van der Waals surface area (Å²) in [4.78, 5) is 4.03. The van der Waals surface area contributed by atoms with Crippen molar-refractivity contribution in [1.82, 2.24) is 14.8 Å². The van der Waals surface area contributed by atoms with Crippen molar-refractivity contribution < 1.29 is 17.9 Å². The van der Waals surface area contributed by atoms with Crippen molar-refractivity contribution in [2.45, 2.75) is 27.1 Å². The van der Waals surface area contributed by atoms with E-state index in [1.54, 1.807) is 6.92 Å². The summed E-state index contributed by atoms with van der Waals surface area (Å²) in [6.07, 6.45) is -4.69. The number of hydrogen-bond donors (Lipinski definition) is 0. The summed E-state index contributed by atoms with van der Waals surface area (Å²) in [6.45, 7) is 5.73. The Hall–Kier alpha value is -1.57. The minimum atomic E-state index is -4.69. The van der Waals surface area contributed by atoms with Crippen molar-refractivity contribution >= 4 is 15.9 Å². The fourth-order valence-corrected chi connectivity index (χ4v) is 1.81. The van der Waals surface area contributed by atoms with Gasteiger partial charge in [-0.15, -0.1) is 18.3 Å². The van der Waals surface area contributed by atoms with Crippen molar-refractivity contribution in [3.05, 3.63) is 34.8 Å². The minimum Gasteiger partial charge on any atom is -0.406 e. The van der Waals surface area contributed by atoms with Crippen LogP contribution >= 0.6 is 15.9 Å². The lowest BCUT2D eigenvalue weighted by atomic mass is 10.3. The molecule has 0 atom stereocenters. The Morgan fingerprint density at radius 2 is 1.70 bits per heavy atom. The van der Waals surface area contributed by atoms with E-state index in [0.29, 0.717) is 16.2 Å². The lowest BCUT2D eigenvalue weighted by Crippen LogP contribution is -2.17. The lowest BCUT2D eigenvalue weighted by molar-refractivity contribution is -0.274. The Bertz CT molecular complexity index is 552. The molecule has 0 saturated heterocycles. The maximum Gasteiger partial charge on any atom is 0.573 e. The first-order valence-electron chi connectivity index (χ1n) is 5.80. The van der Waals surface area contributed by atoms with Gasteiger partial charge in [-0.1, -0.05) is 13.8 Å². The molecule has 0 spiro atoms. The molecule has 1 aromatic heterocycles. The number of aryl methyl sites for hydroxylation is 1. The van der Waals surface area contributed by atoms with Crippen molar-refractivity contribution in [1.29, 1.82) is 0 Å². The summed E-state index contributed by atoms with van der Waals surface area (Å²) in [7, 11) is 0. The summed E-state index contributed by atoms with van der Waals surface area (Å²) in [6, 6.07) is 5.38. The Morgan fingerprint density at radius 3 is 2.10 bits per heavy atom. The number of alkyl halides is 3. The first kappa shape index (κ1) is 16.5. The van der Waals surface area contributed by atoms with Crippen LogP contribution in [0.4, 0.5) is 13.2 Å². The number of rotatable bonds is 2. The second-order valence-corrected chi connectivity index (χ2v) is 4.09. The fraction of sp³-hybridized carbons (Fsp3) is 0.333. The number of benzene rings is 1. The molecule has 0 aliphatic heterocycles. The highest BCUT2D eigenvalue weighted by atomic mass is 79.9. The Labute approximate surface area is 122 Å². The monoisotopic (exact) mass is 351 g/mol. The summed E-state index contributed by atoms with van der Waals surface area (Å²) in [5, 5.41) is 4.04. The molecule has 0 unspecified atom stereocenters. The molecule has 0 saturated carbocycles. The molecule has 0 bridgehead atoms. The second kappa shape index (κ2) is 6.74. The van der Waals surface area contributed by atoms with Gasteiger partial charge in [0.25, 0.3) is 0 Å². The van der Waals surface area contributed by atoms with Gasteiger partial charge in [-0.2, -0.15) is 0 Å². The molecule has 20 heavy (non-hydrogen) atoms. The maximum absolute atomic E-state index is 12.0. The highest BCUT2D eigenvalue weighted by Gasteiger charge is 2.30. The van der Waals surface area contributed by atoms with Gasteiger partial charge in [-0.25, -0.2) is 9.67 Å². The molecule has 2 aromatic rings. The van der Waals surface area contributed by atoms with Crippen LogP contribution in [0.5, 0.6) is 5.75 Å². The van der Waals surface area contributed by atoms with Gasteiger partial charge in [0, 0.05) is 0 Å². The number of halogens is 4. The van der Waals surface area contributed by atoms with Crippen LogP contribution in [0.3, 0.4) is 0 Å². The van der Waals surface area contributed by atoms with Crippen LogP contribution in [0, 0.1) is 6.92 Å². The third kappa shape index (κ3) is 4.52. The summed E-state index contributed by atoms with van der Waals surface area (Å²) >= 11 is 3.12. The van der Waals surface area contributed by atoms with E-state index >= 15 is 0 Å². The van der Waals surface area contributed by atoms with Crippen LogP contribution in [0.2, 0.25) is 0 Å². The minimum absolute atomic E-state index is 0.275. The van der Waals surface area contributed by atoms with Crippen LogP contribution in [-0.2, 0) is 0 Å². The van der Waals surface area contributed by atoms with Crippen LogP contribution in [-0.4, -0.2) is 21.1 Å². The zero-order valence-corrected chi connectivity index (χ0v) is 12.7. The van der Waals surface area contributed by atoms with Crippen LogP contribution in [0.15, 0.2) is 29.0 Å². The van der Waals surface area contributed by atoms with E-state index in [1.807, 2.05) is 13.8 Å². The van der Waals surface area contributed by atoms with Gasteiger partial charge in [0.05, 0.1) is 5.69 Å². The molecule has 0 aliphatic carbocycles. The van der Waals surface area contributed by atoms with E-state index in [1.165, 1.54) is 28.9 Å². The molecule has 2 rings (SSSR count). The molecule has 8 heteroatoms. The van der Waals surface area contributed by atoms with Crippen molar-refractivity contribution in [2.24, 2.45) is 0 Å². The van der Waals surface area contributed by atoms with Crippen molar-refractivity contribution in [2.75, 3.05) is 0 Å². The third-order valence-corrected chi connectivity index (χ3v) is 2.39. The molecular weight excluding hydrogens is 339 g/mol. The van der Waals surface area contributed by atoms with E-state index in [0.717, 1.165) is 0 Å². The van der Waals surface area contributed by atoms with Gasteiger partial charge < -0.3 is 4.74 Å². The summed E-state index contributed by atoms with van der Waals surface area (Å²) in [5.74, 6) is 0.342. The van der Waals surface area contributed by atoms with E-state index in [2.05, 4.69) is 30.7 Å². The van der Waals surface area contributed by atoms with E-state index in [4.69, 9.17) is 0 Å². The zero-order chi connectivity index (χ0) is 15.3. The Kier molecular flexibility index (Phi) is 5.55. The van der Waals surface area contributed by atoms with E-state index in [-0.39, 0.29) is 5.75 Å². The first-order chi connectivity index (χ1) is 9.35. The second-order valence-electron chi connectivity index (χ2n) is 3.38. The Morgan fingerprint density at radius 1 is 1.15 bits per heavy atom. The number of nitrogens with zero attached hydrogens (tertiary/aromatic N) is 3. The normalized spacial score (nSPS) is 10.8. The molecular formula is C12H13BrF3N3O. The third-order valence-electron chi connectivity index (χ3n) is 2.06. The average Bonchev–Trinajstić information content (AvgIpc) is 2.70. The van der Waals surface area contributed by atoms with E-state index < -0.39 is 6.36 Å². The largest absolute Gasteiger partial charge is 0.573 e. The first-order valence-corrected chi connectivity index (χ1v) is 6.60. The van der Waals surface area contributed by atoms with Gasteiger partial charge in [0.2, 0.25) is 4.73 Å². The maximum atomic E-state index is 12.0. The zero-order valence-electron chi connectivity index (χ0n) is 11.1. The number of hydrogen-bond acceptors (Lipinski definition) is 3. The van der Waals surface area contributed by atoms with Crippen LogP contribution in [0.1, 0.15) is 19.7 Å². The standard InChI is InChI=1S/C10H7BrF3N3O.C2H6/c1-6-15-9(11)16-17(6)7-2-4-8(5-3-7)18-10(12,13)14;1-2/h2-5H,1H3;1-2H3. The fourth-order valence-electron chi connectivity index (χ4n) is 1.39. The molecule has 0 fully saturated rings. The molecule has 1 heterocycles. The molecule has 0 aliphatic rings. The molecule has 0 radical (unpaired) electrons. The summed E-state index contributed by atoms with van der Waals surface area (Å²) < 4.78 is 41.6. The smallest absolute Gasteiger partial charge is 0.406 e. The van der Waals surface area contributed by atoms with Gasteiger partial charge >= 0.3 is 6.36 Å². The average molecular weight is 352 g/mol. The lowest BCUT2D eigenvalue weighted by Gasteiger charge is -2.09. The van der Waals surface area contributed by atoms with Crippen molar-refractivity contribution in [3.8, 4) is 11.4 Å². The number of aromatic nitrogens is 3. The van der Waals surface area contributed by atoms with Gasteiger partial charge in [0.1, 0.15) is 11.6 Å². The van der Waals surface area contributed by atoms with E-state index in [9.17, 15) is 13.2 Å². The van der Waals surface area contributed by atoms with Gasteiger partial charge in [-0.3, -0.25) is 0 Å². The molecule has 4 nitrogen and oxygen atoms in total. The summed E-state index contributed by atoms with van der Waals surface area (Å²) in [5.41, 5.74) is 0.597.